The van der Waals surface area contributed by atoms with Crippen molar-refractivity contribution in [3.63, 3.8) is 0 Å². The minimum atomic E-state index is -3.70. The minimum absolute atomic E-state index is 0.0234. The van der Waals surface area contributed by atoms with E-state index < -0.39 is 32.6 Å². The van der Waals surface area contributed by atoms with Crippen molar-refractivity contribution in [2.24, 2.45) is 0 Å². The Morgan fingerprint density at radius 1 is 0.760 bits per heavy atom. The number of methoxy groups -OCH3 is 1. The van der Waals surface area contributed by atoms with E-state index in [9.17, 15) is 13.2 Å². The molecule has 0 unspecified atom stereocenters. The summed E-state index contributed by atoms with van der Waals surface area (Å²) in [6, 6.07) is 34.2. The summed E-state index contributed by atoms with van der Waals surface area (Å²) in [5.41, 5.74) is 0.952. The number of hydrogen-bond donors (Lipinski definition) is 1. The average Bonchev–Trinajstić information content (AvgIpc) is 3.05. The number of benzene rings is 4. The van der Waals surface area contributed by atoms with E-state index in [1.165, 1.54) is 0 Å². The number of sulfone groups is 1. The van der Waals surface area contributed by atoms with Crippen LogP contribution in [-0.2, 0) is 29.5 Å². The van der Waals surface area contributed by atoms with E-state index in [1.807, 2.05) is 36.4 Å². The van der Waals surface area contributed by atoms with E-state index in [-0.39, 0.29) is 33.1 Å². The molecule has 0 aromatic heterocycles. The third-order valence-corrected chi connectivity index (χ3v) is 20.7. The third-order valence-electron chi connectivity index (χ3n) is 9.58. The van der Waals surface area contributed by atoms with Gasteiger partial charge < -0.3 is 18.9 Å². The molecule has 4 rings (SSSR count). The molecule has 1 N–H and O–H groups in total. The Bertz CT molecular complexity index is 1780. The van der Waals surface area contributed by atoms with Gasteiger partial charge in [-0.15, -0.1) is 0 Å². The predicted molar refractivity (Wildman–Crippen MR) is 209 cm³/mol. The van der Waals surface area contributed by atoms with Crippen LogP contribution in [0.15, 0.2) is 114 Å². The fourth-order valence-corrected chi connectivity index (χ4v) is 12.6. The number of rotatable bonds is 14. The maximum absolute atomic E-state index is 13.6. The molecule has 50 heavy (non-hydrogen) atoms. The van der Waals surface area contributed by atoms with E-state index in [1.54, 1.807) is 55.6 Å². The molecule has 4 aromatic rings. The van der Waals surface area contributed by atoms with E-state index in [4.69, 9.17) is 13.6 Å². The number of carbonyl (C=O) groups is 1. The first-order valence-corrected chi connectivity index (χ1v) is 23.5. The number of ether oxygens (including phenoxy) is 1. The minimum Gasteiger partial charge on any atom is -0.534 e. The van der Waals surface area contributed by atoms with Gasteiger partial charge in [0, 0.05) is 18.9 Å². The summed E-state index contributed by atoms with van der Waals surface area (Å²) in [7, 11) is -7.24. The highest BCUT2D eigenvalue weighted by atomic mass is 32.2. The van der Waals surface area contributed by atoms with Gasteiger partial charge in [0.15, 0.2) is 18.2 Å². The van der Waals surface area contributed by atoms with Gasteiger partial charge in [-0.25, -0.2) is 8.42 Å². The van der Waals surface area contributed by atoms with Crippen LogP contribution in [0.25, 0.3) is 0 Å². The second-order valence-corrected chi connectivity index (χ2v) is 26.4. The van der Waals surface area contributed by atoms with Crippen molar-refractivity contribution in [2.75, 3.05) is 19.0 Å². The first-order chi connectivity index (χ1) is 23.4. The molecule has 4 aromatic carbocycles. The molecule has 0 saturated heterocycles. The lowest BCUT2D eigenvalue weighted by atomic mass is 10.2. The standard InChI is InChI=1S/C40H53NO6SSi2/c1-39(2,3)49(8,9)46-29-34(45-7)28-38(42)41-32-25-31(30-48(43,44)35-19-13-10-14-20-35)26-33(27-32)47-50(40(4,5)6,36-21-15-11-16-22-36)37-23-17-12-18-24-37/h10-27,34H,28-30H2,1-9H3,(H,41,42)/t34-/m1/s1. The number of nitrogens with one attached hydrogen (secondary N) is 1. The van der Waals surface area contributed by atoms with E-state index >= 15 is 0 Å². The Kier molecular flexibility index (Phi) is 12.4. The Labute approximate surface area is 301 Å². The molecular formula is C40H53NO6SSi2. The zero-order chi connectivity index (χ0) is 36.8. The smallest absolute Gasteiger partial charge is 0.319 e. The summed E-state index contributed by atoms with van der Waals surface area (Å²) >= 11 is 0. The number of carbonyl (C=O) groups excluding carboxylic acids is 1. The van der Waals surface area contributed by atoms with E-state index in [0.717, 1.165) is 10.4 Å². The van der Waals surface area contributed by atoms with Gasteiger partial charge in [0.25, 0.3) is 0 Å². The number of amides is 1. The zero-order valence-corrected chi connectivity index (χ0v) is 33.8. The summed E-state index contributed by atoms with van der Waals surface area (Å²) in [4.78, 5) is 13.8. The molecule has 0 aliphatic heterocycles. The maximum atomic E-state index is 13.6. The molecule has 0 saturated carbocycles. The van der Waals surface area contributed by atoms with E-state index in [2.05, 4.69) is 84.2 Å². The molecule has 0 aliphatic rings. The summed E-state index contributed by atoms with van der Waals surface area (Å²) < 4.78 is 46.5. The highest BCUT2D eigenvalue weighted by Crippen LogP contribution is 2.39. The van der Waals surface area contributed by atoms with Crippen LogP contribution in [0.4, 0.5) is 5.69 Å². The highest BCUT2D eigenvalue weighted by Gasteiger charge is 2.52. The lowest BCUT2D eigenvalue weighted by Crippen LogP contribution is -2.68. The van der Waals surface area contributed by atoms with E-state index in [0.29, 0.717) is 23.6 Å². The van der Waals surface area contributed by atoms with Gasteiger partial charge in [-0.1, -0.05) is 120 Å². The molecule has 0 bridgehead atoms. The Morgan fingerprint density at radius 3 is 1.76 bits per heavy atom. The first kappa shape index (κ1) is 39.2. The first-order valence-electron chi connectivity index (χ1n) is 17.1. The zero-order valence-electron chi connectivity index (χ0n) is 30.9. The lowest BCUT2D eigenvalue weighted by Gasteiger charge is -2.43. The Morgan fingerprint density at radius 2 is 1.28 bits per heavy atom. The average molecular weight is 732 g/mol. The van der Waals surface area contributed by atoms with Gasteiger partial charge in [-0.2, -0.15) is 0 Å². The summed E-state index contributed by atoms with van der Waals surface area (Å²) in [6.07, 6.45) is -0.374. The molecule has 7 nitrogen and oxygen atoms in total. The molecule has 0 spiro atoms. The molecule has 0 aliphatic carbocycles. The third kappa shape index (κ3) is 9.41. The van der Waals surface area contributed by atoms with Crippen molar-refractivity contribution in [1.82, 2.24) is 0 Å². The predicted octanol–water partition coefficient (Wildman–Crippen LogP) is 7.96. The second-order valence-electron chi connectivity index (χ2n) is 15.4. The molecule has 268 valence electrons. The maximum Gasteiger partial charge on any atom is 0.319 e. The molecule has 0 radical (unpaired) electrons. The van der Waals surface area contributed by atoms with Crippen LogP contribution < -0.4 is 20.1 Å². The fourth-order valence-electron chi connectivity index (χ4n) is 5.78. The normalized spacial score (nSPS) is 13.5. The fraction of sp³-hybridized carbons (Fsp3) is 0.375. The van der Waals surface area contributed by atoms with Crippen molar-refractivity contribution in [3.05, 3.63) is 115 Å². The van der Waals surface area contributed by atoms with Crippen LogP contribution in [0.3, 0.4) is 0 Å². The van der Waals surface area contributed by atoms with Gasteiger partial charge in [-0.05, 0) is 63.4 Å². The molecular weight excluding hydrogens is 679 g/mol. The van der Waals surface area contributed by atoms with Gasteiger partial charge in [0.2, 0.25) is 5.91 Å². The van der Waals surface area contributed by atoms with Gasteiger partial charge in [-0.3, -0.25) is 4.79 Å². The number of anilines is 1. The van der Waals surface area contributed by atoms with Crippen LogP contribution in [-0.4, -0.2) is 50.8 Å². The second kappa shape index (κ2) is 15.8. The van der Waals surface area contributed by atoms with Gasteiger partial charge in [0.05, 0.1) is 29.8 Å². The Hall–Kier alpha value is -3.55. The van der Waals surface area contributed by atoms with Crippen molar-refractivity contribution < 1.29 is 26.8 Å². The monoisotopic (exact) mass is 731 g/mol. The lowest BCUT2D eigenvalue weighted by molar-refractivity contribution is -0.119. The van der Waals surface area contributed by atoms with Crippen molar-refractivity contribution in [1.29, 1.82) is 0 Å². The summed E-state index contributed by atoms with van der Waals surface area (Å²) in [5, 5.41) is 4.87. The van der Waals surface area contributed by atoms with Crippen LogP contribution in [0.5, 0.6) is 5.75 Å². The summed E-state index contributed by atoms with van der Waals surface area (Å²) in [5.74, 6) is -0.0474. The van der Waals surface area contributed by atoms with Crippen LogP contribution in [0.1, 0.15) is 53.5 Å². The quantitative estimate of drug-likeness (QED) is 0.132. The molecule has 0 fully saturated rings. The van der Waals surface area contributed by atoms with Gasteiger partial charge >= 0.3 is 8.32 Å². The van der Waals surface area contributed by atoms with Crippen LogP contribution in [0.2, 0.25) is 23.2 Å². The topological polar surface area (TPSA) is 90.9 Å². The van der Waals surface area contributed by atoms with Crippen molar-refractivity contribution in [3.8, 4) is 5.75 Å². The van der Waals surface area contributed by atoms with Gasteiger partial charge in [0.1, 0.15) is 5.75 Å². The Balaban J connectivity index is 1.75. The van der Waals surface area contributed by atoms with Crippen molar-refractivity contribution >= 4 is 48.4 Å². The number of hydrogen-bond acceptors (Lipinski definition) is 6. The molecule has 10 heteroatoms. The van der Waals surface area contributed by atoms with Crippen LogP contribution >= 0.6 is 0 Å². The SMILES string of the molecule is CO[C@@H](CO[Si](C)(C)C(C)(C)C)CC(=O)Nc1cc(CS(=O)(=O)c2ccccc2)cc(O[Si](c2ccccc2)(c2ccccc2)C(C)(C)C)c1. The largest absolute Gasteiger partial charge is 0.534 e. The molecule has 1 atom stereocenters. The molecule has 0 heterocycles. The summed E-state index contributed by atoms with van der Waals surface area (Å²) in [6.45, 7) is 17.7. The highest BCUT2D eigenvalue weighted by molar-refractivity contribution is 7.90. The van der Waals surface area contributed by atoms with Crippen molar-refractivity contribution in [2.45, 2.75) is 87.9 Å². The molecule has 1 amide bonds. The van der Waals surface area contributed by atoms with Crippen LogP contribution in [0, 0.1) is 0 Å².